The predicted molar refractivity (Wildman–Crippen MR) is 71.5 cm³/mol. The Morgan fingerprint density at radius 2 is 2.42 bits per heavy atom. The van der Waals surface area contributed by atoms with Crippen LogP contribution in [0.4, 0.5) is 4.39 Å². The number of ether oxygens (including phenoxy) is 1. The monoisotopic (exact) mass is 268 g/mol. The van der Waals surface area contributed by atoms with E-state index in [0.29, 0.717) is 18.7 Å². The summed E-state index contributed by atoms with van der Waals surface area (Å²) < 4.78 is 18.6. The van der Waals surface area contributed by atoms with E-state index in [1.165, 1.54) is 12.1 Å². The number of benzene rings is 1. The minimum absolute atomic E-state index is 0.151. The number of aliphatic hydroxyl groups is 1. The predicted octanol–water partition coefficient (Wildman–Crippen LogP) is 0.779. The molecule has 19 heavy (non-hydrogen) atoms. The number of nitrogens with one attached hydrogen (secondary N) is 1. The number of aliphatic hydroxyl groups excluding tert-OH is 1. The summed E-state index contributed by atoms with van der Waals surface area (Å²) in [6, 6.07) is 6.06. The Morgan fingerprint density at radius 3 is 3.16 bits per heavy atom. The zero-order valence-corrected chi connectivity index (χ0v) is 11.2. The number of rotatable bonds is 5. The van der Waals surface area contributed by atoms with E-state index < -0.39 is 6.10 Å². The number of morpholine rings is 1. The van der Waals surface area contributed by atoms with E-state index in [1.54, 1.807) is 12.1 Å². The van der Waals surface area contributed by atoms with Crippen molar-refractivity contribution in [2.75, 3.05) is 39.8 Å². The van der Waals surface area contributed by atoms with Crippen LogP contribution in [0.5, 0.6) is 0 Å². The van der Waals surface area contributed by atoms with Gasteiger partial charge < -0.3 is 20.1 Å². The smallest absolute Gasteiger partial charge is 0.123 e. The normalized spacial score (nSPS) is 22.4. The molecule has 0 amide bonds. The summed E-state index contributed by atoms with van der Waals surface area (Å²) in [6.07, 6.45) is -0.546. The summed E-state index contributed by atoms with van der Waals surface area (Å²) >= 11 is 0. The molecule has 1 aromatic carbocycles. The van der Waals surface area contributed by atoms with E-state index in [-0.39, 0.29) is 11.9 Å². The summed E-state index contributed by atoms with van der Waals surface area (Å²) in [5, 5.41) is 13.1. The first-order valence-corrected chi connectivity index (χ1v) is 6.59. The summed E-state index contributed by atoms with van der Waals surface area (Å²) in [4.78, 5) is 2.22. The molecule has 0 bridgehead atoms. The number of halogens is 1. The quantitative estimate of drug-likeness (QED) is 0.828. The SMILES string of the molecule is CN1CCOC(CNCC(O)c2cccc(F)c2)C1. The van der Waals surface area contributed by atoms with E-state index in [2.05, 4.69) is 17.3 Å². The average molecular weight is 268 g/mol. The second kappa shape index (κ2) is 6.96. The van der Waals surface area contributed by atoms with Crippen LogP contribution in [0.15, 0.2) is 24.3 Å². The van der Waals surface area contributed by atoms with Crippen molar-refractivity contribution in [2.45, 2.75) is 12.2 Å². The van der Waals surface area contributed by atoms with Crippen LogP contribution < -0.4 is 5.32 Å². The summed E-state index contributed by atoms with van der Waals surface area (Å²) in [7, 11) is 2.07. The van der Waals surface area contributed by atoms with Crippen LogP contribution in [-0.4, -0.2) is 55.9 Å². The highest BCUT2D eigenvalue weighted by molar-refractivity contribution is 5.18. The highest BCUT2D eigenvalue weighted by Gasteiger charge is 2.17. The third-order valence-electron chi connectivity index (χ3n) is 3.29. The third kappa shape index (κ3) is 4.54. The van der Waals surface area contributed by atoms with Gasteiger partial charge in [-0.3, -0.25) is 0 Å². The molecule has 2 atom stereocenters. The van der Waals surface area contributed by atoms with Crippen LogP contribution in [0.3, 0.4) is 0 Å². The number of likely N-dealkylation sites (N-methyl/N-ethyl adjacent to an activating group) is 1. The van der Waals surface area contributed by atoms with Gasteiger partial charge in [0.2, 0.25) is 0 Å². The lowest BCUT2D eigenvalue weighted by Gasteiger charge is -2.30. The van der Waals surface area contributed by atoms with Gasteiger partial charge in [0.25, 0.3) is 0 Å². The Labute approximate surface area is 113 Å². The topological polar surface area (TPSA) is 44.7 Å². The van der Waals surface area contributed by atoms with Crippen molar-refractivity contribution in [1.29, 1.82) is 0 Å². The minimum Gasteiger partial charge on any atom is -0.387 e. The molecule has 1 aromatic rings. The van der Waals surface area contributed by atoms with Crippen LogP contribution >= 0.6 is 0 Å². The largest absolute Gasteiger partial charge is 0.387 e. The summed E-state index contributed by atoms with van der Waals surface area (Å²) in [5.74, 6) is -0.325. The molecule has 5 heteroatoms. The van der Waals surface area contributed by atoms with Crippen molar-refractivity contribution < 1.29 is 14.2 Å². The fourth-order valence-electron chi connectivity index (χ4n) is 2.20. The van der Waals surface area contributed by atoms with Gasteiger partial charge in [0.05, 0.1) is 18.8 Å². The molecule has 1 saturated heterocycles. The molecule has 0 aliphatic carbocycles. The maximum Gasteiger partial charge on any atom is 0.123 e. The van der Waals surface area contributed by atoms with E-state index in [1.807, 2.05) is 0 Å². The van der Waals surface area contributed by atoms with Crippen molar-refractivity contribution in [1.82, 2.24) is 10.2 Å². The van der Waals surface area contributed by atoms with Crippen LogP contribution in [0.25, 0.3) is 0 Å². The Kier molecular flexibility index (Phi) is 5.27. The minimum atomic E-state index is -0.697. The lowest BCUT2D eigenvalue weighted by Crippen LogP contribution is -2.45. The van der Waals surface area contributed by atoms with Crippen LogP contribution in [0.2, 0.25) is 0 Å². The fraction of sp³-hybridized carbons (Fsp3) is 0.571. The van der Waals surface area contributed by atoms with E-state index in [4.69, 9.17) is 4.74 Å². The molecule has 0 radical (unpaired) electrons. The second-order valence-electron chi connectivity index (χ2n) is 4.98. The molecular weight excluding hydrogens is 247 g/mol. The summed E-state index contributed by atoms with van der Waals surface area (Å²) in [6.45, 7) is 3.69. The molecule has 0 saturated carbocycles. The molecule has 1 aliphatic heterocycles. The molecule has 2 N–H and O–H groups in total. The fourth-order valence-corrected chi connectivity index (χ4v) is 2.20. The first kappa shape index (κ1) is 14.4. The molecule has 1 fully saturated rings. The van der Waals surface area contributed by atoms with Gasteiger partial charge in [-0.2, -0.15) is 0 Å². The van der Waals surface area contributed by atoms with Crippen LogP contribution in [-0.2, 0) is 4.74 Å². The molecule has 4 nitrogen and oxygen atoms in total. The second-order valence-corrected chi connectivity index (χ2v) is 4.98. The van der Waals surface area contributed by atoms with E-state index >= 15 is 0 Å². The maximum atomic E-state index is 13.0. The van der Waals surface area contributed by atoms with Crippen LogP contribution in [0.1, 0.15) is 11.7 Å². The first-order valence-electron chi connectivity index (χ1n) is 6.59. The Balaban J connectivity index is 1.73. The Hall–Kier alpha value is -1.01. The van der Waals surface area contributed by atoms with Crippen molar-refractivity contribution >= 4 is 0 Å². The zero-order chi connectivity index (χ0) is 13.7. The standard InChI is InChI=1S/C14H21FN2O2/c1-17-5-6-19-13(10-17)8-16-9-14(18)11-3-2-4-12(15)7-11/h2-4,7,13-14,16,18H,5-6,8-10H2,1H3. The highest BCUT2D eigenvalue weighted by Crippen LogP contribution is 2.13. The Morgan fingerprint density at radius 1 is 1.58 bits per heavy atom. The molecule has 2 rings (SSSR count). The molecule has 0 spiro atoms. The van der Waals surface area contributed by atoms with Crippen molar-refractivity contribution in [3.05, 3.63) is 35.6 Å². The number of hydrogen-bond acceptors (Lipinski definition) is 4. The zero-order valence-electron chi connectivity index (χ0n) is 11.2. The Bertz CT molecular complexity index is 403. The lowest BCUT2D eigenvalue weighted by molar-refractivity contribution is -0.0191. The highest BCUT2D eigenvalue weighted by atomic mass is 19.1. The van der Waals surface area contributed by atoms with Crippen molar-refractivity contribution in [3.8, 4) is 0 Å². The molecular formula is C14H21FN2O2. The number of hydrogen-bond donors (Lipinski definition) is 2. The van der Waals surface area contributed by atoms with Gasteiger partial charge in [0, 0.05) is 26.2 Å². The van der Waals surface area contributed by atoms with Gasteiger partial charge in [0.15, 0.2) is 0 Å². The van der Waals surface area contributed by atoms with Crippen molar-refractivity contribution in [2.24, 2.45) is 0 Å². The first-order chi connectivity index (χ1) is 9.15. The van der Waals surface area contributed by atoms with Gasteiger partial charge in [-0.05, 0) is 24.7 Å². The van der Waals surface area contributed by atoms with Gasteiger partial charge in [-0.25, -0.2) is 4.39 Å². The molecule has 1 heterocycles. The molecule has 1 aliphatic rings. The van der Waals surface area contributed by atoms with Crippen LogP contribution in [0, 0.1) is 5.82 Å². The average Bonchev–Trinajstić information content (AvgIpc) is 2.38. The van der Waals surface area contributed by atoms with Gasteiger partial charge in [-0.1, -0.05) is 12.1 Å². The lowest BCUT2D eigenvalue weighted by atomic mass is 10.1. The molecule has 2 unspecified atom stereocenters. The third-order valence-corrected chi connectivity index (χ3v) is 3.29. The van der Waals surface area contributed by atoms with E-state index in [0.717, 1.165) is 19.7 Å². The molecule has 106 valence electrons. The maximum absolute atomic E-state index is 13.0. The van der Waals surface area contributed by atoms with Gasteiger partial charge >= 0.3 is 0 Å². The number of nitrogens with zero attached hydrogens (tertiary/aromatic N) is 1. The van der Waals surface area contributed by atoms with Crippen molar-refractivity contribution in [3.63, 3.8) is 0 Å². The van der Waals surface area contributed by atoms with E-state index in [9.17, 15) is 9.50 Å². The summed E-state index contributed by atoms with van der Waals surface area (Å²) in [5.41, 5.74) is 0.592. The molecule has 0 aromatic heterocycles. The van der Waals surface area contributed by atoms with Gasteiger partial charge in [-0.15, -0.1) is 0 Å². The van der Waals surface area contributed by atoms with Gasteiger partial charge in [0.1, 0.15) is 5.82 Å².